The lowest BCUT2D eigenvalue weighted by molar-refractivity contribution is -0.276. The molecule has 1 saturated heterocycles. The predicted octanol–water partition coefficient (Wildman–Crippen LogP) is 0.702. The summed E-state index contributed by atoms with van der Waals surface area (Å²) in [5.41, 5.74) is -0.496. The Morgan fingerprint density at radius 2 is 1.45 bits per heavy atom. The summed E-state index contributed by atoms with van der Waals surface area (Å²) in [6, 6.07) is 5.74. The number of phenolic OH excluding ortho intramolecular Hbond substituents is 7. The molecule has 6 unspecified atom stereocenters. The van der Waals surface area contributed by atoms with Gasteiger partial charge in [-0.15, -0.1) is 0 Å². The first-order valence-electron chi connectivity index (χ1n) is 12.7. The number of aliphatic hydroxyl groups is 4. The number of phenols is 7. The normalized spacial score (nSPS) is 24.5. The van der Waals surface area contributed by atoms with E-state index in [1.165, 1.54) is 0 Å². The number of benzene rings is 3. The summed E-state index contributed by atoms with van der Waals surface area (Å²) in [5.74, 6) is -7.48. The minimum absolute atomic E-state index is 0.0443. The molecule has 6 atom stereocenters. The van der Waals surface area contributed by atoms with E-state index in [1.807, 2.05) is 0 Å². The zero-order valence-electron chi connectivity index (χ0n) is 22.2. The molecule has 0 amide bonds. The van der Waals surface area contributed by atoms with Crippen LogP contribution in [0.1, 0.15) is 27.6 Å². The number of hydrogen-bond donors (Lipinski definition) is 11. The maximum absolute atomic E-state index is 12.8. The Morgan fingerprint density at radius 3 is 2.11 bits per heavy atom. The first kappa shape index (κ1) is 30.2. The maximum atomic E-state index is 12.8. The second-order valence-corrected chi connectivity index (χ2v) is 9.89. The number of rotatable bonds is 6. The topological polar surface area (TPSA) is 277 Å². The lowest BCUT2D eigenvalue weighted by Gasteiger charge is -2.41. The Morgan fingerprint density at radius 1 is 0.795 bits per heavy atom. The molecule has 2 aliphatic heterocycles. The molecule has 11 N–H and O–H groups in total. The molecule has 0 saturated carbocycles. The van der Waals surface area contributed by atoms with Crippen LogP contribution >= 0.6 is 0 Å². The molecule has 0 aliphatic carbocycles. The summed E-state index contributed by atoms with van der Waals surface area (Å²) in [6.45, 7) is -0.844. The summed E-state index contributed by atoms with van der Waals surface area (Å²) < 4.78 is 22.0. The summed E-state index contributed by atoms with van der Waals surface area (Å²) >= 11 is 0. The lowest BCUT2D eigenvalue weighted by atomic mass is 9.98. The van der Waals surface area contributed by atoms with Crippen molar-refractivity contribution in [1.29, 1.82) is 0 Å². The van der Waals surface area contributed by atoms with Crippen LogP contribution in [0.25, 0.3) is 6.08 Å². The van der Waals surface area contributed by atoms with Gasteiger partial charge in [-0.25, -0.2) is 4.79 Å². The molecule has 16 nitrogen and oxygen atoms in total. The van der Waals surface area contributed by atoms with Gasteiger partial charge in [-0.05, 0) is 30.3 Å². The third-order valence-electron chi connectivity index (χ3n) is 6.91. The monoisotopic (exact) mass is 618 g/mol. The molecule has 44 heavy (non-hydrogen) atoms. The van der Waals surface area contributed by atoms with Crippen molar-refractivity contribution in [3.63, 3.8) is 0 Å². The fourth-order valence-electron chi connectivity index (χ4n) is 4.66. The molecule has 2 heterocycles. The van der Waals surface area contributed by atoms with Gasteiger partial charge in [-0.2, -0.15) is 0 Å². The van der Waals surface area contributed by atoms with E-state index in [9.17, 15) is 61.0 Å². The van der Waals surface area contributed by atoms with E-state index in [-0.39, 0.29) is 22.6 Å². The highest BCUT2D eigenvalue weighted by Gasteiger charge is 2.48. The number of fused-ring (bicyclic) bond motifs is 1. The van der Waals surface area contributed by atoms with Crippen molar-refractivity contribution in [1.82, 2.24) is 0 Å². The molecule has 3 aromatic rings. The van der Waals surface area contributed by atoms with Gasteiger partial charge >= 0.3 is 5.97 Å². The van der Waals surface area contributed by atoms with Gasteiger partial charge in [0.25, 0.3) is 0 Å². The van der Waals surface area contributed by atoms with E-state index < -0.39 is 101 Å². The minimum Gasteiger partial charge on any atom is -0.508 e. The van der Waals surface area contributed by atoms with Gasteiger partial charge in [-0.3, -0.25) is 0 Å². The molecule has 1 fully saturated rings. The van der Waals surface area contributed by atoms with Crippen molar-refractivity contribution in [2.24, 2.45) is 0 Å². The summed E-state index contributed by atoms with van der Waals surface area (Å²) in [4.78, 5) is 12.8. The second kappa shape index (κ2) is 11.4. The first-order valence-corrected chi connectivity index (χ1v) is 12.7. The smallest absolute Gasteiger partial charge is 0.339 e. The van der Waals surface area contributed by atoms with Crippen molar-refractivity contribution >= 4 is 12.0 Å². The fraction of sp³-hybridized carbons (Fsp3) is 0.250. The number of carbonyl (C=O) groups excluding carboxylic acids is 1. The van der Waals surface area contributed by atoms with Crippen LogP contribution in [0.5, 0.6) is 51.7 Å². The van der Waals surface area contributed by atoms with Gasteiger partial charge in [0.05, 0.1) is 17.7 Å². The van der Waals surface area contributed by atoms with Gasteiger partial charge in [0.2, 0.25) is 12.0 Å². The molecule has 0 spiro atoms. The van der Waals surface area contributed by atoms with Gasteiger partial charge in [0, 0.05) is 17.7 Å². The molecule has 5 rings (SSSR count). The van der Waals surface area contributed by atoms with E-state index in [0.717, 1.165) is 42.5 Å². The number of aromatic hydroxyl groups is 7. The third-order valence-corrected chi connectivity index (χ3v) is 6.91. The Balaban J connectivity index is 1.47. The minimum atomic E-state index is -1.97. The SMILES string of the molecule is O=C(OC1C(Oc2cc(C3Oc4cc(O)cc(O)c4C=C3O)cc(O)c2O)OC(CO)C(O)C1O)c1cc(O)c(O)c(O)c1. The standard InChI is InChI=1S/C28H26O16/c29-8-20-23(38)24(39)26(44-27(40)10-2-14(32)21(36)15(33)3-10)28(43-20)42-19-4-9(1-16(34)22(19)37)25-17(35)7-12-13(31)5-11(30)6-18(12)41-25/h1-7,20,23-26,28-39H,8H2. The van der Waals surface area contributed by atoms with Crippen LogP contribution in [-0.2, 0) is 9.47 Å². The van der Waals surface area contributed by atoms with Crippen molar-refractivity contribution in [3.8, 4) is 51.7 Å². The number of carbonyl (C=O) groups is 1. The molecule has 0 radical (unpaired) electrons. The summed E-state index contributed by atoms with van der Waals surface area (Å²) in [7, 11) is 0. The van der Waals surface area contributed by atoms with E-state index in [1.54, 1.807) is 0 Å². The molecular weight excluding hydrogens is 592 g/mol. The second-order valence-electron chi connectivity index (χ2n) is 9.89. The zero-order valence-corrected chi connectivity index (χ0v) is 22.2. The third kappa shape index (κ3) is 5.45. The van der Waals surface area contributed by atoms with E-state index in [2.05, 4.69) is 0 Å². The Kier molecular flexibility index (Phi) is 7.83. The average molecular weight is 619 g/mol. The van der Waals surface area contributed by atoms with Crippen LogP contribution in [0, 0.1) is 0 Å². The highest BCUT2D eigenvalue weighted by atomic mass is 16.7. The van der Waals surface area contributed by atoms with Gasteiger partial charge in [0.1, 0.15) is 41.3 Å². The highest BCUT2D eigenvalue weighted by Crippen LogP contribution is 2.46. The average Bonchev–Trinajstić information content (AvgIpc) is 2.97. The molecule has 0 aromatic heterocycles. The number of esters is 1. The largest absolute Gasteiger partial charge is 0.508 e. The van der Waals surface area contributed by atoms with Crippen LogP contribution < -0.4 is 9.47 Å². The van der Waals surface area contributed by atoms with Crippen molar-refractivity contribution in [2.45, 2.75) is 36.8 Å². The number of hydrogen-bond acceptors (Lipinski definition) is 16. The van der Waals surface area contributed by atoms with E-state index in [0.29, 0.717) is 0 Å². The number of ether oxygens (including phenoxy) is 4. The molecule has 234 valence electrons. The molecule has 16 heteroatoms. The maximum Gasteiger partial charge on any atom is 0.339 e. The Bertz CT molecular complexity index is 1610. The Labute approximate surface area is 246 Å². The molecule has 0 bridgehead atoms. The van der Waals surface area contributed by atoms with Crippen molar-refractivity contribution in [2.75, 3.05) is 6.61 Å². The molecule has 2 aliphatic rings. The first-order chi connectivity index (χ1) is 20.8. The molecular formula is C28H26O16. The van der Waals surface area contributed by atoms with Gasteiger partial charge in [0.15, 0.2) is 41.0 Å². The number of aliphatic hydroxyl groups excluding tert-OH is 4. The fourth-order valence-corrected chi connectivity index (χ4v) is 4.66. The van der Waals surface area contributed by atoms with Crippen LogP contribution in [0.3, 0.4) is 0 Å². The highest BCUT2D eigenvalue weighted by molar-refractivity contribution is 5.91. The van der Waals surface area contributed by atoms with Gasteiger partial charge < -0.3 is 75.1 Å². The van der Waals surface area contributed by atoms with E-state index in [4.69, 9.17) is 18.9 Å². The van der Waals surface area contributed by atoms with Crippen LogP contribution in [0.2, 0.25) is 0 Å². The van der Waals surface area contributed by atoms with Crippen molar-refractivity contribution in [3.05, 3.63) is 58.8 Å². The Hall–Kier alpha value is -5.29. The predicted molar refractivity (Wildman–Crippen MR) is 143 cm³/mol. The van der Waals surface area contributed by atoms with Crippen LogP contribution in [0.4, 0.5) is 0 Å². The van der Waals surface area contributed by atoms with E-state index >= 15 is 0 Å². The van der Waals surface area contributed by atoms with Crippen LogP contribution in [0.15, 0.2) is 42.2 Å². The molecule has 3 aromatic carbocycles. The van der Waals surface area contributed by atoms with Crippen LogP contribution in [-0.4, -0.2) is 99.5 Å². The summed E-state index contributed by atoms with van der Waals surface area (Å²) in [5, 5.41) is 111. The lowest BCUT2D eigenvalue weighted by Crippen LogP contribution is -2.61. The van der Waals surface area contributed by atoms with Gasteiger partial charge in [-0.1, -0.05) is 0 Å². The summed E-state index contributed by atoms with van der Waals surface area (Å²) in [6.07, 6.45) is -9.30. The quantitative estimate of drug-likeness (QED) is 0.134. The van der Waals surface area contributed by atoms with Crippen molar-refractivity contribution < 1.29 is 79.9 Å². The zero-order chi connectivity index (χ0) is 32.0.